The summed E-state index contributed by atoms with van der Waals surface area (Å²) in [4.78, 5) is 20.7. The molecule has 0 atom stereocenters. The molecule has 3 heterocycles. The zero-order chi connectivity index (χ0) is 22.7. The van der Waals surface area contributed by atoms with Gasteiger partial charge in [-0.25, -0.2) is 14.1 Å². The topological polar surface area (TPSA) is 91.2 Å². The van der Waals surface area contributed by atoms with Gasteiger partial charge in [-0.2, -0.15) is 0 Å². The highest BCUT2D eigenvalue weighted by Gasteiger charge is 2.15. The van der Waals surface area contributed by atoms with E-state index in [0.717, 1.165) is 16.6 Å². The number of pyridine rings is 2. The van der Waals surface area contributed by atoms with E-state index in [-0.39, 0.29) is 24.8 Å². The van der Waals surface area contributed by atoms with Crippen molar-refractivity contribution >= 4 is 16.9 Å². The number of amides is 1. The lowest BCUT2D eigenvalue weighted by molar-refractivity contribution is -0.123. The number of hydrogen-bond acceptors (Lipinski definition) is 6. The molecule has 1 aromatic carbocycles. The molecule has 32 heavy (non-hydrogen) atoms. The fourth-order valence-corrected chi connectivity index (χ4v) is 3.31. The predicted octanol–water partition coefficient (Wildman–Crippen LogP) is 3.61. The third-order valence-corrected chi connectivity index (χ3v) is 4.77. The van der Waals surface area contributed by atoms with Gasteiger partial charge in [0.25, 0.3) is 5.91 Å². The Bertz CT molecular complexity index is 1270. The van der Waals surface area contributed by atoms with E-state index in [9.17, 15) is 9.18 Å². The first-order chi connectivity index (χ1) is 15.4. The van der Waals surface area contributed by atoms with Crippen molar-refractivity contribution in [3.63, 3.8) is 0 Å². The molecule has 1 amide bonds. The van der Waals surface area contributed by atoms with Crippen LogP contribution >= 0.6 is 0 Å². The number of carbonyl (C=O) groups excluding carboxylic acids is 1. The molecule has 3 aromatic heterocycles. The van der Waals surface area contributed by atoms with Crippen molar-refractivity contribution in [2.75, 3.05) is 6.61 Å². The first-order valence-corrected chi connectivity index (χ1v) is 9.97. The van der Waals surface area contributed by atoms with Gasteiger partial charge in [0.15, 0.2) is 23.8 Å². The van der Waals surface area contributed by atoms with Crippen LogP contribution in [0, 0.1) is 19.7 Å². The van der Waals surface area contributed by atoms with E-state index in [4.69, 9.17) is 9.47 Å². The quantitative estimate of drug-likeness (QED) is 0.477. The lowest BCUT2D eigenvalue weighted by atomic mass is 10.2. The third-order valence-electron chi connectivity index (χ3n) is 4.77. The monoisotopic (exact) mass is 435 g/mol. The number of aromatic nitrogens is 4. The molecule has 0 spiro atoms. The van der Waals surface area contributed by atoms with Crippen LogP contribution in [0.1, 0.15) is 16.8 Å². The molecule has 0 radical (unpaired) electrons. The van der Waals surface area contributed by atoms with Crippen molar-refractivity contribution < 1.29 is 18.7 Å². The van der Waals surface area contributed by atoms with Gasteiger partial charge in [0.1, 0.15) is 5.75 Å². The summed E-state index contributed by atoms with van der Waals surface area (Å²) in [6.07, 6.45) is 3.10. The second-order valence-electron chi connectivity index (χ2n) is 7.33. The van der Waals surface area contributed by atoms with Crippen LogP contribution in [0.3, 0.4) is 0 Å². The average molecular weight is 435 g/mol. The molecule has 0 aliphatic carbocycles. The third kappa shape index (κ3) is 4.66. The molecule has 4 aromatic rings. The minimum Gasteiger partial charge on any atom is -0.466 e. The number of rotatable bonds is 7. The number of nitrogens with zero attached hydrogens (tertiary/aromatic N) is 4. The van der Waals surface area contributed by atoms with E-state index >= 15 is 0 Å². The second kappa shape index (κ2) is 9.01. The van der Waals surface area contributed by atoms with Gasteiger partial charge < -0.3 is 14.8 Å². The number of benzene rings is 1. The Morgan fingerprint density at radius 2 is 2.06 bits per heavy atom. The van der Waals surface area contributed by atoms with Crippen LogP contribution in [0.5, 0.6) is 17.4 Å². The van der Waals surface area contributed by atoms with Crippen LogP contribution in [0.15, 0.2) is 48.8 Å². The molecule has 0 unspecified atom stereocenters. The Kier molecular flexibility index (Phi) is 5.98. The van der Waals surface area contributed by atoms with Crippen LogP contribution in [0.4, 0.5) is 4.39 Å². The molecule has 8 nitrogen and oxygen atoms in total. The largest absolute Gasteiger partial charge is 0.466 e. The van der Waals surface area contributed by atoms with E-state index in [0.29, 0.717) is 22.8 Å². The fraction of sp³-hybridized carbons (Fsp3) is 0.217. The summed E-state index contributed by atoms with van der Waals surface area (Å²) in [6.45, 7) is 3.79. The highest BCUT2D eigenvalue weighted by molar-refractivity contribution is 5.85. The molecule has 0 fully saturated rings. The van der Waals surface area contributed by atoms with Crippen LogP contribution < -0.4 is 14.8 Å². The summed E-state index contributed by atoms with van der Waals surface area (Å²) < 4.78 is 27.1. The second-order valence-corrected chi connectivity index (χ2v) is 7.33. The molecule has 164 valence electrons. The smallest absolute Gasteiger partial charge is 0.258 e. The highest BCUT2D eigenvalue weighted by Crippen LogP contribution is 2.27. The Balaban J connectivity index is 1.35. The minimum atomic E-state index is -0.532. The van der Waals surface area contributed by atoms with Gasteiger partial charge in [0, 0.05) is 25.5 Å². The zero-order valence-electron chi connectivity index (χ0n) is 17.9. The molecule has 0 aliphatic heterocycles. The van der Waals surface area contributed by atoms with Gasteiger partial charge in [-0.1, -0.05) is 6.07 Å². The van der Waals surface area contributed by atoms with Crippen molar-refractivity contribution in [1.82, 2.24) is 25.1 Å². The van der Waals surface area contributed by atoms with E-state index in [1.165, 1.54) is 18.3 Å². The molecular weight excluding hydrogens is 413 g/mol. The summed E-state index contributed by atoms with van der Waals surface area (Å²) in [5.41, 5.74) is 3.14. The maximum absolute atomic E-state index is 14.3. The maximum Gasteiger partial charge on any atom is 0.258 e. The molecular formula is C23H22FN5O3. The van der Waals surface area contributed by atoms with Crippen LogP contribution in [-0.4, -0.2) is 32.3 Å². The van der Waals surface area contributed by atoms with E-state index in [1.54, 1.807) is 36.1 Å². The fourth-order valence-electron chi connectivity index (χ4n) is 3.31. The van der Waals surface area contributed by atoms with Crippen molar-refractivity contribution in [2.45, 2.75) is 20.4 Å². The first-order valence-electron chi connectivity index (χ1n) is 9.97. The summed E-state index contributed by atoms with van der Waals surface area (Å²) in [5.74, 6) is -0.0109. The van der Waals surface area contributed by atoms with Gasteiger partial charge in [-0.3, -0.25) is 9.78 Å². The summed E-state index contributed by atoms with van der Waals surface area (Å²) in [6, 6.07) is 9.83. The predicted molar refractivity (Wildman–Crippen MR) is 116 cm³/mol. The normalized spacial score (nSPS) is 10.9. The standard InChI is InChI=1S/C23H22FN5O3/c1-14-9-15(2)27-22-21(14)23(28-29(22)3)31-13-20(30)26-11-16-6-7-19(18(24)10-16)32-17-5-4-8-25-12-17/h4-10,12H,11,13H2,1-3H3,(H,26,30). The molecule has 0 saturated heterocycles. The van der Waals surface area contributed by atoms with E-state index < -0.39 is 5.82 Å². The lowest BCUT2D eigenvalue weighted by Gasteiger charge is -2.09. The van der Waals surface area contributed by atoms with E-state index in [2.05, 4.69) is 20.4 Å². The summed E-state index contributed by atoms with van der Waals surface area (Å²) >= 11 is 0. The van der Waals surface area contributed by atoms with Gasteiger partial charge in [0.05, 0.1) is 11.6 Å². The number of fused-ring (bicyclic) bond motifs is 1. The Hall–Kier alpha value is -4.01. The van der Waals surface area contributed by atoms with Crippen molar-refractivity contribution in [3.05, 3.63) is 71.4 Å². The Labute approximate surface area is 184 Å². The van der Waals surface area contributed by atoms with Crippen molar-refractivity contribution in [3.8, 4) is 17.4 Å². The number of hydrogen-bond donors (Lipinski definition) is 1. The van der Waals surface area contributed by atoms with E-state index in [1.807, 2.05) is 19.9 Å². The van der Waals surface area contributed by atoms with Crippen LogP contribution in [0.2, 0.25) is 0 Å². The number of halogens is 1. The van der Waals surface area contributed by atoms with Crippen molar-refractivity contribution in [2.24, 2.45) is 7.05 Å². The molecule has 1 N–H and O–H groups in total. The van der Waals surface area contributed by atoms with Gasteiger partial charge in [-0.15, -0.1) is 5.10 Å². The Morgan fingerprint density at radius 1 is 1.22 bits per heavy atom. The molecule has 0 saturated carbocycles. The van der Waals surface area contributed by atoms with Gasteiger partial charge in [0.2, 0.25) is 5.88 Å². The van der Waals surface area contributed by atoms with Crippen molar-refractivity contribution in [1.29, 1.82) is 0 Å². The number of aryl methyl sites for hydroxylation is 3. The molecule has 0 bridgehead atoms. The lowest BCUT2D eigenvalue weighted by Crippen LogP contribution is -2.28. The van der Waals surface area contributed by atoms with Gasteiger partial charge in [-0.05, 0) is 55.3 Å². The number of carbonyl (C=O) groups is 1. The summed E-state index contributed by atoms with van der Waals surface area (Å²) in [7, 11) is 1.78. The number of nitrogens with one attached hydrogen (secondary N) is 1. The molecule has 4 rings (SSSR count). The average Bonchev–Trinajstić information content (AvgIpc) is 3.09. The molecule has 9 heteroatoms. The summed E-state index contributed by atoms with van der Waals surface area (Å²) in [5, 5.41) is 7.81. The number of ether oxygens (including phenoxy) is 2. The van der Waals surface area contributed by atoms with Crippen LogP contribution in [-0.2, 0) is 18.4 Å². The SMILES string of the molecule is Cc1cc(C)c2c(OCC(=O)NCc3ccc(Oc4cccnc4)c(F)c3)nn(C)c2n1. The highest BCUT2D eigenvalue weighted by atomic mass is 19.1. The zero-order valence-corrected chi connectivity index (χ0v) is 17.9. The maximum atomic E-state index is 14.3. The van der Waals surface area contributed by atoms with Gasteiger partial charge >= 0.3 is 0 Å². The first kappa shape index (κ1) is 21.2. The Morgan fingerprint density at radius 3 is 2.81 bits per heavy atom. The minimum absolute atomic E-state index is 0.0812. The molecule has 0 aliphatic rings. The van der Waals surface area contributed by atoms with Crippen LogP contribution in [0.25, 0.3) is 11.0 Å².